The molecule has 1 spiro atoms. The van der Waals surface area contributed by atoms with Crippen LogP contribution in [0, 0.1) is 11.8 Å². The maximum absolute atomic E-state index is 12.7. The predicted molar refractivity (Wildman–Crippen MR) is 86.5 cm³/mol. The SMILES string of the molecule is CS(=O)(=O)N1C[C@H]2CC[C@@]3(N=C(c4ccccc4)NC3=O)[C@H]2C1. The second-order valence-corrected chi connectivity index (χ2v) is 8.67. The number of carbonyl (C=O) groups is 1. The highest BCUT2D eigenvalue weighted by Gasteiger charge is 2.60. The van der Waals surface area contributed by atoms with Crippen molar-refractivity contribution in [3.63, 3.8) is 0 Å². The topological polar surface area (TPSA) is 78.8 Å². The molecule has 3 atom stereocenters. The number of nitrogens with zero attached hydrogens (tertiary/aromatic N) is 2. The van der Waals surface area contributed by atoms with Crippen molar-refractivity contribution in [2.75, 3.05) is 19.3 Å². The summed E-state index contributed by atoms with van der Waals surface area (Å²) in [6.07, 6.45) is 2.77. The fraction of sp³-hybridized carbons (Fsp3) is 0.500. The van der Waals surface area contributed by atoms with Crippen molar-refractivity contribution in [1.29, 1.82) is 0 Å². The summed E-state index contributed by atoms with van der Waals surface area (Å²) in [5, 5.41) is 2.91. The Kier molecular flexibility index (Phi) is 3.15. The molecule has 4 rings (SSSR count). The van der Waals surface area contributed by atoms with Crippen LogP contribution in [-0.2, 0) is 14.8 Å². The zero-order valence-electron chi connectivity index (χ0n) is 12.9. The van der Waals surface area contributed by atoms with Crippen LogP contribution in [0.3, 0.4) is 0 Å². The van der Waals surface area contributed by atoms with Crippen LogP contribution in [0.2, 0.25) is 0 Å². The highest BCUT2D eigenvalue weighted by atomic mass is 32.2. The van der Waals surface area contributed by atoms with Crippen molar-refractivity contribution in [2.45, 2.75) is 18.4 Å². The third-order valence-electron chi connectivity index (χ3n) is 5.37. The Labute approximate surface area is 135 Å². The number of benzene rings is 1. The van der Waals surface area contributed by atoms with Gasteiger partial charge in [0.25, 0.3) is 5.91 Å². The van der Waals surface area contributed by atoms with E-state index >= 15 is 0 Å². The molecule has 1 amide bonds. The Morgan fingerprint density at radius 1 is 1.26 bits per heavy atom. The molecule has 1 saturated carbocycles. The number of nitrogens with one attached hydrogen (secondary N) is 1. The van der Waals surface area contributed by atoms with Gasteiger partial charge in [0.05, 0.1) is 6.26 Å². The number of hydrogen-bond donors (Lipinski definition) is 1. The first kappa shape index (κ1) is 14.8. The van der Waals surface area contributed by atoms with Crippen LogP contribution in [-0.4, -0.2) is 49.4 Å². The van der Waals surface area contributed by atoms with Gasteiger partial charge in [0.2, 0.25) is 10.0 Å². The minimum absolute atomic E-state index is 0.0292. The van der Waals surface area contributed by atoms with Gasteiger partial charge >= 0.3 is 0 Å². The third kappa shape index (κ3) is 2.21. The number of hydrogen-bond acceptors (Lipinski definition) is 4. The van der Waals surface area contributed by atoms with E-state index in [0.29, 0.717) is 25.3 Å². The Balaban J connectivity index is 1.69. The fourth-order valence-corrected chi connectivity index (χ4v) is 5.07. The lowest BCUT2D eigenvalue weighted by atomic mass is 9.85. The van der Waals surface area contributed by atoms with E-state index in [1.165, 1.54) is 10.6 Å². The molecule has 0 unspecified atom stereocenters. The van der Waals surface area contributed by atoms with Crippen LogP contribution in [0.4, 0.5) is 0 Å². The van der Waals surface area contributed by atoms with Gasteiger partial charge in [-0.05, 0) is 18.8 Å². The summed E-state index contributed by atoms with van der Waals surface area (Å²) in [5.74, 6) is 0.709. The van der Waals surface area contributed by atoms with Crippen LogP contribution in [0.5, 0.6) is 0 Å². The molecule has 2 fully saturated rings. The molecule has 0 radical (unpaired) electrons. The quantitative estimate of drug-likeness (QED) is 0.861. The summed E-state index contributed by atoms with van der Waals surface area (Å²) in [7, 11) is -3.22. The predicted octanol–water partition coefficient (Wildman–Crippen LogP) is 0.603. The fourth-order valence-electron chi connectivity index (χ4n) is 4.17. The Bertz CT molecular complexity index is 790. The van der Waals surface area contributed by atoms with Gasteiger partial charge < -0.3 is 5.32 Å². The second kappa shape index (κ2) is 4.88. The second-order valence-electron chi connectivity index (χ2n) is 6.69. The van der Waals surface area contributed by atoms with E-state index in [1.54, 1.807) is 0 Å². The van der Waals surface area contributed by atoms with Gasteiger partial charge in [-0.25, -0.2) is 12.7 Å². The van der Waals surface area contributed by atoms with Crippen molar-refractivity contribution in [3.8, 4) is 0 Å². The molecule has 2 heterocycles. The van der Waals surface area contributed by atoms with Gasteiger partial charge in [-0.1, -0.05) is 30.3 Å². The summed E-state index contributed by atoms with van der Waals surface area (Å²) in [4.78, 5) is 17.5. The zero-order chi connectivity index (χ0) is 16.2. The zero-order valence-corrected chi connectivity index (χ0v) is 13.7. The normalized spacial score (nSPS) is 33.8. The molecule has 2 aliphatic heterocycles. The van der Waals surface area contributed by atoms with Crippen LogP contribution in [0.25, 0.3) is 0 Å². The molecule has 7 heteroatoms. The van der Waals surface area contributed by atoms with Gasteiger partial charge in [-0.2, -0.15) is 0 Å². The van der Waals surface area contributed by atoms with Crippen molar-refractivity contribution < 1.29 is 13.2 Å². The Morgan fingerprint density at radius 2 is 2.00 bits per heavy atom. The lowest BCUT2D eigenvalue weighted by molar-refractivity contribution is -0.124. The van der Waals surface area contributed by atoms with Gasteiger partial charge in [-0.3, -0.25) is 9.79 Å². The number of amidine groups is 1. The first-order valence-electron chi connectivity index (χ1n) is 7.82. The molecular formula is C16H19N3O3S. The molecule has 0 aromatic heterocycles. The molecule has 1 saturated heterocycles. The first-order valence-corrected chi connectivity index (χ1v) is 9.67. The minimum atomic E-state index is -3.22. The van der Waals surface area contributed by atoms with E-state index in [2.05, 4.69) is 5.32 Å². The summed E-state index contributed by atoms with van der Waals surface area (Å²) in [6.45, 7) is 0.900. The maximum atomic E-state index is 12.7. The molecule has 1 N–H and O–H groups in total. The number of amides is 1. The van der Waals surface area contributed by atoms with Crippen LogP contribution in [0.15, 0.2) is 35.3 Å². The largest absolute Gasteiger partial charge is 0.308 e. The number of rotatable bonds is 2. The average Bonchev–Trinajstić information content (AvgIpc) is 3.16. The molecule has 0 bridgehead atoms. The number of sulfonamides is 1. The van der Waals surface area contributed by atoms with Crippen LogP contribution >= 0.6 is 0 Å². The molecule has 1 aromatic rings. The van der Waals surface area contributed by atoms with Gasteiger partial charge in [0.1, 0.15) is 11.4 Å². The van der Waals surface area contributed by atoms with E-state index in [-0.39, 0.29) is 17.7 Å². The van der Waals surface area contributed by atoms with Crippen molar-refractivity contribution in [3.05, 3.63) is 35.9 Å². The number of fused-ring (bicyclic) bond motifs is 2. The third-order valence-corrected chi connectivity index (χ3v) is 6.61. The van der Waals surface area contributed by atoms with Crippen molar-refractivity contribution in [2.24, 2.45) is 16.8 Å². The van der Waals surface area contributed by atoms with Gasteiger partial charge in [-0.15, -0.1) is 0 Å². The highest BCUT2D eigenvalue weighted by Crippen LogP contribution is 2.49. The van der Waals surface area contributed by atoms with E-state index in [0.717, 1.165) is 12.0 Å². The molecule has 1 aliphatic carbocycles. The van der Waals surface area contributed by atoms with E-state index in [1.807, 2.05) is 30.3 Å². The van der Waals surface area contributed by atoms with E-state index in [4.69, 9.17) is 4.99 Å². The molecule has 3 aliphatic rings. The van der Waals surface area contributed by atoms with Gasteiger partial charge in [0, 0.05) is 24.6 Å². The Hall–Kier alpha value is -1.73. The smallest absolute Gasteiger partial charge is 0.253 e. The summed E-state index contributed by atoms with van der Waals surface area (Å²) in [6, 6.07) is 9.58. The standard InChI is InChI=1S/C16H19N3O3S/c1-23(21,22)19-9-12-7-8-16(13(12)10-19)15(20)17-14(18-16)11-5-3-2-4-6-11/h2-6,12-13H,7-10H2,1H3,(H,17,18,20)/t12-,13+,16-/m1/s1. The lowest BCUT2D eigenvalue weighted by Crippen LogP contribution is -2.45. The van der Waals surface area contributed by atoms with Crippen LogP contribution in [0.1, 0.15) is 18.4 Å². The van der Waals surface area contributed by atoms with Gasteiger partial charge in [0.15, 0.2) is 0 Å². The van der Waals surface area contributed by atoms with E-state index < -0.39 is 15.6 Å². The first-order chi connectivity index (χ1) is 10.9. The minimum Gasteiger partial charge on any atom is -0.308 e. The molecule has 1 aromatic carbocycles. The van der Waals surface area contributed by atoms with E-state index in [9.17, 15) is 13.2 Å². The molecule has 122 valence electrons. The number of aliphatic imine (C=N–C) groups is 1. The monoisotopic (exact) mass is 333 g/mol. The molecular weight excluding hydrogens is 314 g/mol. The summed E-state index contributed by atoms with van der Waals surface area (Å²) in [5.41, 5.74) is 0.0917. The maximum Gasteiger partial charge on any atom is 0.253 e. The van der Waals surface area contributed by atoms with Crippen LogP contribution < -0.4 is 5.32 Å². The van der Waals surface area contributed by atoms with Crippen molar-refractivity contribution >= 4 is 21.8 Å². The van der Waals surface area contributed by atoms with Crippen molar-refractivity contribution in [1.82, 2.24) is 9.62 Å². The average molecular weight is 333 g/mol. The molecule has 6 nitrogen and oxygen atoms in total. The number of carbonyl (C=O) groups excluding carboxylic acids is 1. The highest BCUT2D eigenvalue weighted by molar-refractivity contribution is 7.88. The summed E-state index contributed by atoms with van der Waals surface area (Å²) < 4.78 is 25.1. The Morgan fingerprint density at radius 3 is 2.70 bits per heavy atom. The summed E-state index contributed by atoms with van der Waals surface area (Å²) >= 11 is 0. The lowest BCUT2D eigenvalue weighted by Gasteiger charge is -2.25. The molecule has 23 heavy (non-hydrogen) atoms.